The number of ether oxygens (including phenoxy) is 1. The van der Waals surface area contributed by atoms with Crippen LogP contribution in [0.1, 0.15) is 15.9 Å². The van der Waals surface area contributed by atoms with E-state index in [2.05, 4.69) is 15.4 Å². The van der Waals surface area contributed by atoms with Crippen molar-refractivity contribution in [2.24, 2.45) is 5.73 Å². The van der Waals surface area contributed by atoms with E-state index in [0.29, 0.717) is 17.1 Å². The number of amides is 1. The summed E-state index contributed by atoms with van der Waals surface area (Å²) in [6, 6.07) is 25.6. The Labute approximate surface area is 199 Å². The summed E-state index contributed by atoms with van der Waals surface area (Å²) in [4.78, 5) is 12.2. The van der Waals surface area contributed by atoms with Gasteiger partial charge in [-0.2, -0.15) is 8.78 Å². The number of carbonyl (C=O) groups is 1. The molecule has 7 heteroatoms. The average molecular weight is 477 g/mol. The number of carbonyl (C=O) groups excluding carboxylic acids is 1. The normalized spacial score (nSPS) is 11.4. The Morgan fingerprint density at radius 2 is 1.62 bits per heavy atom. The molecule has 1 aromatic heterocycles. The van der Waals surface area contributed by atoms with Gasteiger partial charge in [-0.05, 0) is 59.2 Å². The summed E-state index contributed by atoms with van der Waals surface area (Å²) in [5.41, 5.74) is 10.8. The number of alkyl halides is 2. The van der Waals surface area contributed by atoms with Gasteiger partial charge in [-0.1, -0.05) is 54.1 Å². The maximum absolute atomic E-state index is 12.5. The summed E-state index contributed by atoms with van der Waals surface area (Å²) in [6.07, 6.45) is 0. The van der Waals surface area contributed by atoms with Crippen molar-refractivity contribution in [1.82, 2.24) is 4.57 Å². The molecule has 1 amide bonds. The summed E-state index contributed by atoms with van der Waals surface area (Å²) in [7, 11) is 0. The third-order valence-corrected chi connectivity index (χ3v) is 6.08. The van der Waals surface area contributed by atoms with E-state index in [-0.39, 0.29) is 5.75 Å². The Bertz CT molecular complexity index is 1510. The lowest BCUT2D eigenvalue weighted by Crippen LogP contribution is -2.11. The Kier molecular flexibility index (Phi) is 5.67. The first-order chi connectivity index (χ1) is 16.4. The molecule has 0 fully saturated rings. The van der Waals surface area contributed by atoms with Crippen molar-refractivity contribution in [3.8, 4) is 16.9 Å². The molecule has 0 aliphatic rings. The fraction of sp³-hybridized carbons (Fsp3) is 0.0741. The molecule has 34 heavy (non-hydrogen) atoms. The highest BCUT2D eigenvalue weighted by Gasteiger charge is 2.17. The molecule has 0 radical (unpaired) electrons. The summed E-state index contributed by atoms with van der Waals surface area (Å²) >= 11 is 6.05. The van der Waals surface area contributed by atoms with Crippen LogP contribution in [-0.4, -0.2) is 17.1 Å². The molecule has 4 nitrogen and oxygen atoms in total. The third kappa shape index (κ3) is 4.08. The monoisotopic (exact) mass is 476 g/mol. The van der Waals surface area contributed by atoms with Gasteiger partial charge < -0.3 is 15.0 Å². The van der Waals surface area contributed by atoms with Crippen molar-refractivity contribution in [3.63, 3.8) is 0 Å². The van der Waals surface area contributed by atoms with E-state index in [1.165, 1.54) is 12.1 Å². The molecule has 2 N–H and O–H groups in total. The van der Waals surface area contributed by atoms with Crippen LogP contribution in [0.2, 0.25) is 5.02 Å². The van der Waals surface area contributed by atoms with Gasteiger partial charge in [0.1, 0.15) is 5.75 Å². The lowest BCUT2D eigenvalue weighted by molar-refractivity contribution is -0.0498. The highest BCUT2D eigenvalue weighted by molar-refractivity contribution is 6.30. The Morgan fingerprint density at radius 3 is 2.29 bits per heavy atom. The van der Waals surface area contributed by atoms with E-state index >= 15 is 0 Å². The van der Waals surface area contributed by atoms with Crippen LogP contribution in [0.3, 0.4) is 0 Å². The van der Waals surface area contributed by atoms with Crippen LogP contribution in [-0.2, 0) is 6.54 Å². The number of halogens is 3. The molecule has 0 saturated carbocycles. The standard InChI is InChI=1S/C27H19ClF2N2O2/c28-19-9-6-17(7-10-19)18-8-13-21-24(14-18)32(23-3-1-2-22(25(21)23)26(31)33)15-16-4-11-20(12-5-16)34-27(29)30/h1-14,27H,15H2,(H2,31,33). The largest absolute Gasteiger partial charge is 0.435 e. The van der Waals surface area contributed by atoms with Gasteiger partial charge in [0.2, 0.25) is 5.91 Å². The van der Waals surface area contributed by atoms with Crippen LogP contribution in [0.25, 0.3) is 32.9 Å². The van der Waals surface area contributed by atoms with Gasteiger partial charge in [0.15, 0.2) is 0 Å². The average Bonchev–Trinajstić information content (AvgIpc) is 3.13. The zero-order valence-electron chi connectivity index (χ0n) is 17.8. The van der Waals surface area contributed by atoms with E-state index in [0.717, 1.165) is 38.5 Å². The number of primary amides is 1. The van der Waals surface area contributed by atoms with Gasteiger partial charge in [-0.15, -0.1) is 0 Å². The number of hydrogen-bond donors (Lipinski definition) is 1. The first-order valence-corrected chi connectivity index (χ1v) is 10.9. The molecule has 0 aliphatic heterocycles. The van der Waals surface area contributed by atoms with Crippen molar-refractivity contribution in [3.05, 3.63) is 101 Å². The van der Waals surface area contributed by atoms with E-state index in [1.807, 2.05) is 42.5 Å². The first kappa shape index (κ1) is 21.9. The van der Waals surface area contributed by atoms with Crippen LogP contribution >= 0.6 is 11.6 Å². The quantitative estimate of drug-likeness (QED) is 0.291. The molecular formula is C27H19ClF2N2O2. The highest BCUT2D eigenvalue weighted by atomic mass is 35.5. The minimum Gasteiger partial charge on any atom is -0.435 e. The molecule has 5 rings (SSSR count). The number of rotatable bonds is 6. The smallest absolute Gasteiger partial charge is 0.387 e. The maximum Gasteiger partial charge on any atom is 0.387 e. The number of aromatic nitrogens is 1. The lowest BCUT2D eigenvalue weighted by Gasteiger charge is -2.10. The molecule has 0 aliphatic carbocycles. The third-order valence-electron chi connectivity index (χ3n) is 5.82. The van der Waals surface area contributed by atoms with E-state index in [1.54, 1.807) is 24.3 Å². The molecule has 0 atom stereocenters. The minimum absolute atomic E-state index is 0.0991. The zero-order valence-corrected chi connectivity index (χ0v) is 18.6. The molecule has 0 bridgehead atoms. The molecule has 1 heterocycles. The van der Waals surface area contributed by atoms with Gasteiger partial charge in [0, 0.05) is 27.9 Å². The number of benzene rings is 4. The van der Waals surface area contributed by atoms with Gasteiger partial charge in [-0.25, -0.2) is 0 Å². The molecular weight excluding hydrogens is 458 g/mol. The van der Waals surface area contributed by atoms with Crippen molar-refractivity contribution in [1.29, 1.82) is 0 Å². The lowest BCUT2D eigenvalue weighted by atomic mass is 10.0. The van der Waals surface area contributed by atoms with Crippen molar-refractivity contribution in [2.45, 2.75) is 13.2 Å². The van der Waals surface area contributed by atoms with Gasteiger partial charge in [-0.3, -0.25) is 4.79 Å². The molecule has 0 saturated heterocycles. The Morgan fingerprint density at radius 1 is 0.912 bits per heavy atom. The van der Waals surface area contributed by atoms with Crippen LogP contribution in [0.4, 0.5) is 8.78 Å². The summed E-state index contributed by atoms with van der Waals surface area (Å²) in [6.45, 7) is -2.41. The number of fused-ring (bicyclic) bond motifs is 3. The fourth-order valence-electron chi connectivity index (χ4n) is 4.30. The predicted octanol–water partition coefficient (Wildman–Crippen LogP) is 6.86. The molecule has 0 spiro atoms. The van der Waals surface area contributed by atoms with E-state index in [9.17, 15) is 13.6 Å². The van der Waals surface area contributed by atoms with Gasteiger partial charge in [0.25, 0.3) is 0 Å². The number of nitrogens with zero attached hydrogens (tertiary/aromatic N) is 1. The molecule has 4 aromatic carbocycles. The van der Waals surface area contributed by atoms with E-state index < -0.39 is 12.5 Å². The van der Waals surface area contributed by atoms with Gasteiger partial charge >= 0.3 is 6.61 Å². The van der Waals surface area contributed by atoms with Crippen molar-refractivity contribution >= 4 is 39.3 Å². The SMILES string of the molecule is NC(=O)c1cccc2c1c1ccc(-c3ccc(Cl)cc3)cc1n2Cc1ccc(OC(F)F)cc1. The van der Waals surface area contributed by atoms with E-state index in [4.69, 9.17) is 17.3 Å². The Hall–Kier alpha value is -3.90. The first-order valence-electron chi connectivity index (χ1n) is 10.5. The fourth-order valence-corrected chi connectivity index (χ4v) is 4.43. The predicted molar refractivity (Wildman–Crippen MR) is 131 cm³/mol. The molecule has 170 valence electrons. The second-order valence-electron chi connectivity index (χ2n) is 7.91. The minimum atomic E-state index is -2.87. The van der Waals surface area contributed by atoms with Crippen LogP contribution in [0.15, 0.2) is 84.9 Å². The Balaban J connectivity index is 1.68. The molecule has 0 unspecified atom stereocenters. The maximum atomic E-state index is 12.5. The second-order valence-corrected chi connectivity index (χ2v) is 8.35. The topological polar surface area (TPSA) is 57.2 Å². The summed E-state index contributed by atoms with van der Waals surface area (Å²) < 4.78 is 31.6. The number of hydrogen-bond acceptors (Lipinski definition) is 2. The van der Waals surface area contributed by atoms with Crippen LogP contribution in [0, 0.1) is 0 Å². The van der Waals surface area contributed by atoms with Crippen molar-refractivity contribution < 1.29 is 18.3 Å². The molecule has 5 aromatic rings. The summed E-state index contributed by atoms with van der Waals surface area (Å²) in [5, 5.41) is 2.34. The van der Waals surface area contributed by atoms with Gasteiger partial charge in [0.05, 0.1) is 11.0 Å². The van der Waals surface area contributed by atoms with Crippen molar-refractivity contribution in [2.75, 3.05) is 0 Å². The number of nitrogens with two attached hydrogens (primary N) is 1. The van der Waals surface area contributed by atoms with Crippen LogP contribution in [0.5, 0.6) is 5.75 Å². The zero-order chi connectivity index (χ0) is 23.8. The second kappa shape index (κ2) is 8.80. The highest BCUT2D eigenvalue weighted by Crippen LogP contribution is 2.35. The summed E-state index contributed by atoms with van der Waals surface area (Å²) in [5.74, 6) is -0.401. The van der Waals surface area contributed by atoms with Crippen LogP contribution < -0.4 is 10.5 Å².